The van der Waals surface area contributed by atoms with Gasteiger partial charge in [0, 0.05) is 30.9 Å². The summed E-state index contributed by atoms with van der Waals surface area (Å²) in [6, 6.07) is 5.62. The number of aliphatic hydroxyl groups is 1. The predicted molar refractivity (Wildman–Crippen MR) is 124 cm³/mol. The van der Waals surface area contributed by atoms with Gasteiger partial charge in [-0.05, 0) is 40.9 Å². The van der Waals surface area contributed by atoms with Crippen LogP contribution in [-0.4, -0.2) is 41.8 Å². The number of methoxy groups -OCH3 is 1. The Morgan fingerprint density at radius 2 is 1.78 bits per heavy atom. The van der Waals surface area contributed by atoms with Crippen LogP contribution in [0.5, 0.6) is 5.75 Å². The number of aliphatic hydroxyl groups excluding tert-OH is 1. The summed E-state index contributed by atoms with van der Waals surface area (Å²) in [6.07, 6.45) is 1.97. The molecule has 0 aliphatic rings. The molecule has 0 saturated carbocycles. The van der Waals surface area contributed by atoms with Crippen LogP contribution in [0.4, 0.5) is 28.4 Å². The average Bonchev–Trinajstić information content (AvgIpc) is 2.75. The number of halogens is 1. The number of rotatable bonds is 11. The van der Waals surface area contributed by atoms with Crippen LogP contribution in [0.25, 0.3) is 0 Å². The Hall–Kier alpha value is -3.12. The molecule has 0 aliphatic carbocycles. The molecule has 0 bridgehead atoms. The van der Waals surface area contributed by atoms with Crippen molar-refractivity contribution in [3.05, 3.63) is 54.5 Å². The monoisotopic (exact) mass is 509 g/mol. The number of unbranched alkanes of at least 4 members (excludes halogenated alkanes) is 1. The van der Waals surface area contributed by atoms with Crippen molar-refractivity contribution >= 4 is 44.4 Å². The van der Waals surface area contributed by atoms with E-state index in [1.807, 2.05) is 11.0 Å². The molecule has 2 aromatic rings. The number of ether oxygens (including phenoxy) is 1. The number of aryl methyl sites for hydroxylation is 1. The topological polar surface area (TPSA) is 144 Å². The van der Waals surface area contributed by atoms with E-state index in [1.54, 1.807) is 13.0 Å². The van der Waals surface area contributed by atoms with Crippen molar-refractivity contribution in [1.29, 1.82) is 0 Å². The summed E-state index contributed by atoms with van der Waals surface area (Å²) in [5, 5.41) is 40.0. The second-order valence-electron chi connectivity index (χ2n) is 6.89. The van der Waals surface area contributed by atoms with Gasteiger partial charge in [0.15, 0.2) is 5.69 Å². The minimum Gasteiger partial charge on any atom is -0.494 e. The first kappa shape index (κ1) is 25.1. The average molecular weight is 510 g/mol. The smallest absolute Gasteiger partial charge is 0.304 e. The van der Waals surface area contributed by atoms with Gasteiger partial charge in [-0.15, -0.1) is 10.2 Å². The summed E-state index contributed by atoms with van der Waals surface area (Å²) < 4.78 is 5.54. The quantitative estimate of drug-likeness (QED) is 0.235. The van der Waals surface area contributed by atoms with Crippen LogP contribution in [0.15, 0.2) is 39.0 Å². The molecule has 0 radical (unpaired) electrons. The van der Waals surface area contributed by atoms with E-state index in [1.165, 1.54) is 7.11 Å². The van der Waals surface area contributed by atoms with Crippen LogP contribution in [0.3, 0.4) is 0 Å². The van der Waals surface area contributed by atoms with Crippen LogP contribution < -0.4 is 9.64 Å². The molecule has 2 rings (SSSR count). The number of hydrogen-bond acceptors (Lipinski definition) is 9. The number of nitro groups is 2. The number of benzene rings is 2. The molecule has 0 aromatic heterocycles. The van der Waals surface area contributed by atoms with Crippen molar-refractivity contribution < 1.29 is 19.7 Å². The van der Waals surface area contributed by atoms with Crippen molar-refractivity contribution in [3.8, 4) is 5.75 Å². The van der Waals surface area contributed by atoms with E-state index in [4.69, 9.17) is 4.74 Å². The minimum absolute atomic E-state index is 0.00434. The lowest BCUT2D eigenvalue weighted by Gasteiger charge is -2.25. The molecule has 2 aromatic carbocycles. The fraction of sp³-hybridized carbons (Fsp3) is 0.400. The summed E-state index contributed by atoms with van der Waals surface area (Å²) in [5.41, 5.74) is 0.811. The maximum absolute atomic E-state index is 11.4. The van der Waals surface area contributed by atoms with Crippen LogP contribution >= 0.6 is 15.9 Å². The summed E-state index contributed by atoms with van der Waals surface area (Å²) >= 11 is 3.11. The highest BCUT2D eigenvalue weighted by Gasteiger charge is 2.24. The van der Waals surface area contributed by atoms with Gasteiger partial charge in [0.1, 0.15) is 11.4 Å². The standard InChI is InChI=1S/C20H24BrN5O6/c1-4-5-6-24(7-8-27)14-9-13(2)19(18(12-14)32-3)22-23-20-16(21)10-15(25(28)29)11-17(20)26(30)31/h9-12,27H,4-8H2,1-3H3/b23-22+. The third-order valence-corrected chi connectivity index (χ3v) is 5.28. The third-order valence-electron chi connectivity index (χ3n) is 4.67. The first-order chi connectivity index (χ1) is 15.2. The summed E-state index contributed by atoms with van der Waals surface area (Å²) in [6.45, 7) is 5.12. The maximum Gasteiger partial charge on any atom is 0.304 e. The van der Waals surface area contributed by atoms with Gasteiger partial charge in [-0.2, -0.15) is 0 Å². The van der Waals surface area contributed by atoms with Crippen molar-refractivity contribution in [2.75, 3.05) is 31.7 Å². The predicted octanol–water partition coefficient (Wildman–Crippen LogP) is 5.60. The Balaban J connectivity index is 2.51. The summed E-state index contributed by atoms with van der Waals surface area (Å²) in [4.78, 5) is 23.0. The second kappa shape index (κ2) is 11.5. The second-order valence-corrected chi connectivity index (χ2v) is 7.74. The van der Waals surface area contributed by atoms with Crippen molar-refractivity contribution in [2.24, 2.45) is 10.2 Å². The molecule has 11 nitrogen and oxygen atoms in total. The number of azo groups is 1. The summed E-state index contributed by atoms with van der Waals surface area (Å²) in [5.74, 6) is 0.406. The lowest BCUT2D eigenvalue weighted by atomic mass is 10.1. The number of non-ortho nitro benzene ring substituents is 1. The minimum atomic E-state index is -0.750. The van der Waals surface area contributed by atoms with E-state index in [2.05, 4.69) is 33.1 Å². The van der Waals surface area contributed by atoms with Crippen molar-refractivity contribution in [3.63, 3.8) is 0 Å². The highest BCUT2D eigenvalue weighted by atomic mass is 79.9. The Morgan fingerprint density at radius 3 is 2.34 bits per heavy atom. The third kappa shape index (κ3) is 5.98. The lowest BCUT2D eigenvalue weighted by molar-refractivity contribution is -0.393. The zero-order valence-electron chi connectivity index (χ0n) is 17.9. The number of anilines is 1. The fourth-order valence-electron chi connectivity index (χ4n) is 3.05. The summed E-state index contributed by atoms with van der Waals surface area (Å²) in [7, 11) is 1.48. The van der Waals surface area contributed by atoms with E-state index >= 15 is 0 Å². The molecule has 0 fully saturated rings. The molecule has 0 aliphatic heterocycles. The van der Waals surface area contributed by atoms with Gasteiger partial charge in [0.2, 0.25) is 0 Å². The number of nitrogens with zero attached hydrogens (tertiary/aromatic N) is 5. The normalized spacial score (nSPS) is 11.0. The van der Waals surface area contributed by atoms with E-state index in [0.29, 0.717) is 23.5 Å². The highest BCUT2D eigenvalue weighted by Crippen LogP contribution is 2.42. The molecule has 0 spiro atoms. The Bertz CT molecular complexity index is 1030. The van der Waals surface area contributed by atoms with Gasteiger partial charge in [-0.1, -0.05) is 13.3 Å². The number of hydrogen-bond donors (Lipinski definition) is 1. The maximum atomic E-state index is 11.4. The largest absolute Gasteiger partial charge is 0.494 e. The lowest BCUT2D eigenvalue weighted by Crippen LogP contribution is -2.27. The zero-order chi connectivity index (χ0) is 23.8. The Morgan fingerprint density at radius 1 is 1.09 bits per heavy atom. The van der Waals surface area contributed by atoms with Crippen LogP contribution in [0.2, 0.25) is 0 Å². The first-order valence-corrected chi connectivity index (χ1v) is 10.6. The Kier molecular flexibility index (Phi) is 9.02. The van der Waals surface area contributed by atoms with E-state index in [-0.39, 0.29) is 16.8 Å². The SMILES string of the molecule is CCCCN(CCO)c1cc(C)c(/N=N/c2c(Br)cc([N+](=O)[O-])cc2[N+](=O)[O-])c(OC)c1. The van der Waals surface area contributed by atoms with Crippen molar-refractivity contribution in [1.82, 2.24) is 0 Å². The van der Waals surface area contributed by atoms with E-state index in [0.717, 1.165) is 37.2 Å². The molecule has 0 unspecified atom stereocenters. The van der Waals surface area contributed by atoms with Gasteiger partial charge >= 0.3 is 5.69 Å². The molecule has 0 heterocycles. The molecule has 172 valence electrons. The molecule has 12 heteroatoms. The fourth-order valence-corrected chi connectivity index (χ4v) is 3.57. The molecule has 1 N–H and O–H groups in total. The molecule has 0 atom stereocenters. The van der Waals surface area contributed by atoms with Crippen molar-refractivity contribution in [2.45, 2.75) is 26.7 Å². The van der Waals surface area contributed by atoms with Crippen LogP contribution in [0.1, 0.15) is 25.3 Å². The van der Waals surface area contributed by atoms with Crippen LogP contribution in [0, 0.1) is 27.2 Å². The Labute approximate surface area is 193 Å². The molecular weight excluding hydrogens is 486 g/mol. The first-order valence-electron chi connectivity index (χ1n) is 9.81. The van der Waals surface area contributed by atoms with Gasteiger partial charge in [-0.25, -0.2) is 0 Å². The molecule has 32 heavy (non-hydrogen) atoms. The van der Waals surface area contributed by atoms with Gasteiger partial charge in [-0.3, -0.25) is 20.2 Å². The van der Waals surface area contributed by atoms with E-state index < -0.39 is 21.2 Å². The molecule has 0 amide bonds. The van der Waals surface area contributed by atoms with Crippen LogP contribution in [-0.2, 0) is 0 Å². The van der Waals surface area contributed by atoms with E-state index in [9.17, 15) is 25.3 Å². The molecular formula is C20H24BrN5O6. The zero-order valence-corrected chi connectivity index (χ0v) is 19.5. The van der Waals surface area contributed by atoms with Gasteiger partial charge < -0.3 is 14.7 Å². The molecule has 0 saturated heterocycles. The van der Waals surface area contributed by atoms with Gasteiger partial charge in [0.25, 0.3) is 5.69 Å². The van der Waals surface area contributed by atoms with Gasteiger partial charge in [0.05, 0.1) is 34.1 Å². The number of nitro benzene ring substituents is 2. The highest BCUT2D eigenvalue weighted by molar-refractivity contribution is 9.10.